The lowest BCUT2D eigenvalue weighted by Gasteiger charge is -2.09. The Morgan fingerprint density at radius 1 is 1.14 bits per heavy atom. The van der Waals surface area contributed by atoms with Gasteiger partial charge in [0.15, 0.2) is 5.76 Å². The number of rotatable bonds is 6. The second-order valence-corrected chi connectivity index (χ2v) is 6.20. The Morgan fingerprint density at radius 3 is 2.75 bits per heavy atom. The third kappa shape index (κ3) is 3.34. The van der Waals surface area contributed by atoms with Crippen LogP contribution in [0.2, 0.25) is 0 Å². The lowest BCUT2D eigenvalue weighted by Crippen LogP contribution is -2.23. The fourth-order valence-corrected chi connectivity index (χ4v) is 2.99. The Labute approximate surface area is 161 Å². The molecule has 28 heavy (non-hydrogen) atoms. The van der Waals surface area contributed by atoms with Gasteiger partial charge < -0.3 is 19.0 Å². The van der Waals surface area contributed by atoms with Crippen LogP contribution in [-0.2, 0) is 6.54 Å². The van der Waals surface area contributed by atoms with E-state index in [4.69, 9.17) is 13.7 Å². The van der Waals surface area contributed by atoms with Gasteiger partial charge in [0, 0.05) is 23.1 Å². The zero-order valence-corrected chi connectivity index (χ0v) is 15.6. The maximum atomic E-state index is 12.4. The van der Waals surface area contributed by atoms with Gasteiger partial charge >= 0.3 is 11.8 Å². The number of nitrogens with one attached hydrogen (secondary N) is 1. The van der Waals surface area contributed by atoms with E-state index in [9.17, 15) is 4.79 Å². The molecule has 1 N–H and O–H groups in total. The normalized spacial score (nSPS) is 10.9. The van der Waals surface area contributed by atoms with Crippen LogP contribution in [0, 0.1) is 6.92 Å². The number of aromatic nitrogens is 2. The van der Waals surface area contributed by atoms with Crippen molar-refractivity contribution < 1.29 is 18.5 Å². The molecule has 4 aromatic rings. The summed E-state index contributed by atoms with van der Waals surface area (Å²) in [5.74, 6) is 0.885. The van der Waals surface area contributed by atoms with Crippen LogP contribution in [0.1, 0.15) is 28.7 Å². The number of ether oxygens (including phenoxy) is 1. The first kappa shape index (κ1) is 17.8. The van der Waals surface area contributed by atoms with Crippen LogP contribution >= 0.6 is 0 Å². The van der Waals surface area contributed by atoms with Gasteiger partial charge in [0.1, 0.15) is 11.3 Å². The highest BCUT2D eigenvalue weighted by atomic mass is 16.5. The summed E-state index contributed by atoms with van der Waals surface area (Å²) in [5, 5.41) is 7.65. The van der Waals surface area contributed by atoms with Gasteiger partial charge in [-0.25, -0.2) is 0 Å². The van der Waals surface area contributed by atoms with Gasteiger partial charge in [0.05, 0.1) is 6.61 Å². The summed E-state index contributed by atoms with van der Waals surface area (Å²) < 4.78 is 16.5. The first-order valence-corrected chi connectivity index (χ1v) is 8.98. The van der Waals surface area contributed by atoms with Crippen LogP contribution < -0.4 is 10.1 Å². The Kier molecular flexibility index (Phi) is 4.80. The molecule has 0 saturated carbocycles. The van der Waals surface area contributed by atoms with Gasteiger partial charge in [0.25, 0.3) is 0 Å². The molecule has 2 heterocycles. The Morgan fingerprint density at radius 2 is 1.93 bits per heavy atom. The highest BCUT2D eigenvalue weighted by molar-refractivity contribution is 5.90. The molecule has 0 aliphatic rings. The Bertz CT molecular complexity index is 1130. The van der Waals surface area contributed by atoms with E-state index >= 15 is 0 Å². The molecule has 0 atom stereocenters. The molecule has 0 bridgehead atoms. The molecule has 0 spiro atoms. The number of aryl methyl sites for hydroxylation is 1. The second kappa shape index (κ2) is 7.56. The summed E-state index contributed by atoms with van der Waals surface area (Å²) in [5.41, 5.74) is 2.50. The molecule has 0 aliphatic heterocycles. The van der Waals surface area contributed by atoms with E-state index in [1.165, 1.54) is 0 Å². The summed E-state index contributed by atoms with van der Waals surface area (Å²) in [6.07, 6.45) is 0. The molecular formula is C21H19N3O4. The highest BCUT2D eigenvalue weighted by Crippen LogP contribution is 2.31. The summed E-state index contributed by atoms with van der Waals surface area (Å²) >= 11 is 0. The summed E-state index contributed by atoms with van der Waals surface area (Å²) in [7, 11) is 0. The topological polar surface area (TPSA) is 90.4 Å². The Hall–Kier alpha value is -3.61. The predicted molar refractivity (Wildman–Crippen MR) is 103 cm³/mol. The molecule has 7 heteroatoms. The molecule has 0 fully saturated rings. The van der Waals surface area contributed by atoms with Crippen LogP contribution in [-0.4, -0.2) is 22.7 Å². The number of nitrogens with zero attached hydrogens (tertiary/aromatic N) is 2. The van der Waals surface area contributed by atoms with Gasteiger partial charge in [-0.15, -0.1) is 0 Å². The molecule has 1 amide bonds. The van der Waals surface area contributed by atoms with Crippen molar-refractivity contribution in [1.82, 2.24) is 15.5 Å². The third-order valence-electron chi connectivity index (χ3n) is 4.38. The zero-order chi connectivity index (χ0) is 19.5. The molecule has 0 radical (unpaired) electrons. The molecule has 0 aliphatic carbocycles. The van der Waals surface area contributed by atoms with Crippen molar-refractivity contribution in [3.05, 3.63) is 65.5 Å². The molecule has 7 nitrogen and oxygen atoms in total. The number of carbonyl (C=O) groups is 1. The van der Waals surface area contributed by atoms with Crippen molar-refractivity contribution in [3.63, 3.8) is 0 Å². The van der Waals surface area contributed by atoms with Crippen LogP contribution in [0.5, 0.6) is 5.75 Å². The first-order valence-electron chi connectivity index (χ1n) is 8.98. The van der Waals surface area contributed by atoms with Crippen LogP contribution in [0.3, 0.4) is 0 Å². The summed E-state index contributed by atoms with van der Waals surface area (Å²) in [6, 6.07) is 15.2. The van der Waals surface area contributed by atoms with Crippen LogP contribution in [0.15, 0.2) is 57.5 Å². The molecule has 2 aromatic carbocycles. The average Bonchev–Trinajstić information content (AvgIpc) is 3.33. The van der Waals surface area contributed by atoms with Gasteiger partial charge in [0.2, 0.25) is 5.82 Å². The number of furan rings is 1. The highest BCUT2D eigenvalue weighted by Gasteiger charge is 2.21. The summed E-state index contributed by atoms with van der Waals surface area (Å²) in [4.78, 5) is 16.6. The number of hydrogen-bond acceptors (Lipinski definition) is 6. The van der Waals surface area contributed by atoms with E-state index in [1.807, 2.05) is 62.4 Å². The first-order chi connectivity index (χ1) is 13.7. The molecular weight excluding hydrogens is 358 g/mol. The summed E-state index contributed by atoms with van der Waals surface area (Å²) in [6.45, 7) is 4.67. The van der Waals surface area contributed by atoms with Gasteiger partial charge in [-0.3, -0.25) is 4.79 Å². The zero-order valence-electron chi connectivity index (χ0n) is 15.6. The van der Waals surface area contributed by atoms with Crippen molar-refractivity contribution in [2.24, 2.45) is 0 Å². The number of para-hydroxylation sites is 2. The Balaban J connectivity index is 1.51. The van der Waals surface area contributed by atoms with Crippen LogP contribution in [0.4, 0.5) is 0 Å². The monoisotopic (exact) mass is 377 g/mol. The molecule has 4 rings (SSSR count). The number of amides is 1. The van der Waals surface area contributed by atoms with Gasteiger partial charge in [-0.1, -0.05) is 41.6 Å². The van der Waals surface area contributed by atoms with E-state index in [1.54, 1.807) is 0 Å². The number of carbonyl (C=O) groups excluding carboxylic acids is 1. The maximum absolute atomic E-state index is 12.4. The molecule has 2 aromatic heterocycles. The van der Waals surface area contributed by atoms with Crippen molar-refractivity contribution in [2.45, 2.75) is 20.4 Å². The van der Waals surface area contributed by atoms with Crippen molar-refractivity contribution in [3.8, 4) is 17.3 Å². The van der Waals surface area contributed by atoms with E-state index in [-0.39, 0.29) is 18.3 Å². The van der Waals surface area contributed by atoms with Crippen LogP contribution in [0.25, 0.3) is 22.6 Å². The fourth-order valence-electron chi connectivity index (χ4n) is 2.99. The largest absolute Gasteiger partial charge is 0.494 e. The molecule has 0 unspecified atom stereocenters. The lowest BCUT2D eigenvalue weighted by molar-refractivity contribution is 0.0906. The van der Waals surface area contributed by atoms with E-state index in [0.29, 0.717) is 12.4 Å². The minimum atomic E-state index is -0.459. The SMILES string of the molecule is CCOc1ccccc1CNC(=O)c1nc(-c2oc3ccccc3c2C)no1. The van der Waals surface area contributed by atoms with Crippen molar-refractivity contribution in [2.75, 3.05) is 6.61 Å². The maximum Gasteiger partial charge on any atom is 0.316 e. The molecule has 142 valence electrons. The van der Waals surface area contributed by atoms with E-state index < -0.39 is 5.91 Å². The number of hydrogen-bond donors (Lipinski definition) is 1. The standard InChI is InChI=1S/C21H19N3O4/c1-3-26-16-10-6-4-8-14(16)12-22-20(25)21-23-19(24-28-21)18-13(2)15-9-5-7-11-17(15)27-18/h4-11H,3,12H2,1-2H3,(H,22,25). The van der Waals surface area contributed by atoms with E-state index in [2.05, 4.69) is 15.5 Å². The van der Waals surface area contributed by atoms with Gasteiger partial charge in [-0.2, -0.15) is 4.98 Å². The third-order valence-corrected chi connectivity index (χ3v) is 4.38. The average molecular weight is 377 g/mol. The smallest absolute Gasteiger partial charge is 0.316 e. The second-order valence-electron chi connectivity index (χ2n) is 6.20. The van der Waals surface area contributed by atoms with Gasteiger partial charge in [-0.05, 0) is 26.0 Å². The fraction of sp³-hybridized carbons (Fsp3) is 0.190. The quantitative estimate of drug-likeness (QED) is 0.544. The minimum Gasteiger partial charge on any atom is -0.494 e. The van der Waals surface area contributed by atoms with Crippen molar-refractivity contribution in [1.29, 1.82) is 0 Å². The van der Waals surface area contributed by atoms with Crippen molar-refractivity contribution >= 4 is 16.9 Å². The number of fused-ring (bicyclic) bond motifs is 1. The number of benzene rings is 2. The predicted octanol–water partition coefficient (Wildman–Crippen LogP) is 4.12. The minimum absolute atomic E-state index is 0.122. The van der Waals surface area contributed by atoms with E-state index in [0.717, 1.165) is 27.8 Å². The molecule has 0 saturated heterocycles. The lowest BCUT2D eigenvalue weighted by atomic mass is 10.1.